The summed E-state index contributed by atoms with van der Waals surface area (Å²) in [5.41, 5.74) is 0.668. The van der Waals surface area contributed by atoms with Gasteiger partial charge in [-0.05, 0) is 45.0 Å². The zero-order valence-corrected chi connectivity index (χ0v) is 12.8. The average molecular weight is 305 g/mol. The van der Waals surface area contributed by atoms with Crippen molar-refractivity contribution in [1.29, 1.82) is 0 Å². The van der Waals surface area contributed by atoms with Crippen molar-refractivity contribution >= 4 is 6.03 Å². The molecule has 0 radical (unpaired) electrons. The molecule has 1 unspecified atom stereocenters. The molecule has 0 aromatic heterocycles. The van der Waals surface area contributed by atoms with Crippen molar-refractivity contribution in [3.63, 3.8) is 0 Å². The van der Waals surface area contributed by atoms with Crippen LogP contribution in [-0.2, 0) is 0 Å². The molecular weight excluding hydrogens is 282 g/mol. The van der Waals surface area contributed by atoms with Crippen LogP contribution in [0.2, 0.25) is 0 Å². The third-order valence-corrected chi connectivity index (χ3v) is 4.52. The highest BCUT2D eigenvalue weighted by atomic mass is 16.5. The van der Waals surface area contributed by atoms with Crippen molar-refractivity contribution in [2.45, 2.75) is 31.5 Å². The topological polar surface area (TPSA) is 73.8 Å². The van der Waals surface area contributed by atoms with Crippen LogP contribution in [0.5, 0.6) is 5.75 Å². The Morgan fingerprint density at radius 3 is 2.68 bits per heavy atom. The number of urea groups is 1. The molecule has 2 heterocycles. The molecule has 22 heavy (non-hydrogen) atoms. The Labute approximate surface area is 130 Å². The fourth-order valence-electron chi connectivity index (χ4n) is 3.13. The molecule has 2 aliphatic rings. The monoisotopic (exact) mass is 305 g/mol. The van der Waals surface area contributed by atoms with Crippen LogP contribution >= 0.6 is 0 Å². The third kappa shape index (κ3) is 2.89. The van der Waals surface area contributed by atoms with Gasteiger partial charge >= 0.3 is 6.03 Å². The first-order valence-electron chi connectivity index (χ1n) is 7.78. The van der Waals surface area contributed by atoms with E-state index in [1.54, 1.807) is 0 Å². The second-order valence-electron chi connectivity index (χ2n) is 6.06. The highest BCUT2D eigenvalue weighted by molar-refractivity contribution is 5.78. The van der Waals surface area contributed by atoms with Gasteiger partial charge in [0.25, 0.3) is 0 Å². The number of nitrogens with one attached hydrogen (secondary N) is 2. The minimum atomic E-state index is -0.788. The maximum Gasteiger partial charge on any atom is 0.320 e. The number of benzene rings is 1. The lowest BCUT2D eigenvalue weighted by atomic mass is 9.87. The van der Waals surface area contributed by atoms with E-state index in [1.807, 2.05) is 31.2 Å². The molecule has 6 nitrogen and oxygen atoms in total. The molecule has 3 N–H and O–H groups in total. The number of aliphatic hydroxyl groups excluding tert-OH is 1. The summed E-state index contributed by atoms with van der Waals surface area (Å²) in [6.45, 7) is 4.38. The van der Waals surface area contributed by atoms with Crippen molar-refractivity contribution < 1.29 is 14.6 Å². The summed E-state index contributed by atoms with van der Waals surface area (Å²) in [6, 6.07) is 7.57. The normalized spacial score (nSPS) is 23.6. The summed E-state index contributed by atoms with van der Waals surface area (Å²) >= 11 is 0. The van der Waals surface area contributed by atoms with Gasteiger partial charge in [0.05, 0.1) is 12.1 Å². The predicted octanol–water partition coefficient (Wildman–Crippen LogP) is 0.840. The van der Waals surface area contributed by atoms with Crippen molar-refractivity contribution in [1.82, 2.24) is 15.5 Å². The van der Waals surface area contributed by atoms with Gasteiger partial charge in [0.2, 0.25) is 0 Å². The van der Waals surface area contributed by atoms with E-state index in [2.05, 4.69) is 10.6 Å². The van der Waals surface area contributed by atoms with Crippen molar-refractivity contribution in [2.75, 3.05) is 26.2 Å². The number of carbonyl (C=O) groups excluding carboxylic acids is 1. The van der Waals surface area contributed by atoms with Gasteiger partial charge in [0, 0.05) is 0 Å². The summed E-state index contributed by atoms with van der Waals surface area (Å²) < 4.78 is 5.65. The van der Waals surface area contributed by atoms with E-state index >= 15 is 0 Å². The Hall–Kier alpha value is -1.79. The van der Waals surface area contributed by atoms with Crippen LogP contribution in [0.3, 0.4) is 0 Å². The van der Waals surface area contributed by atoms with Crippen molar-refractivity contribution in [2.24, 2.45) is 0 Å². The number of hydrogen-bond acceptors (Lipinski definition) is 4. The molecule has 120 valence electrons. The van der Waals surface area contributed by atoms with Gasteiger partial charge in [-0.25, -0.2) is 4.79 Å². The number of ether oxygens (including phenoxy) is 1. The van der Waals surface area contributed by atoms with Gasteiger partial charge in [-0.2, -0.15) is 0 Å². The number of aliphatic hydroxyl groups is 1. The SMILES string of the molecule is Cc1ccc(OCCN2C(=O)NC3(CCNCC3)C2O)cc1. The summed E-state index contributed by atoms with van der Waals surface area (Å²) in [4.78, 5) is 13.6. The number of piperidine rings is 1. The van der Waals surface area contributed by atoms with Crippen LogP contribution in [-0.4, -0.2) is 54.0 Å². The van der Waals surface area contributed by atoms with Gasteiger partial charge in [-0.15, -0.1) is 0 Å². The van der Waals surface area contributed by atoms with E-state index in [4.69, 9.17) is 4.74 Å². The summed E-state index contributed by atoms with van der Waals surface area (Å²) in [7, 11) is 0. The summed E-state index contributed by atoms with van der Waals surface area (Å²) in [5.74, 6) is 0.774. The largest absolute Gasteiger partial charge is 0.492 e. The fourth-order valence-corrected chi connectivity index (χ4v) is 3.13. The zero-order chi connectivity index (χ0) is 15.6. The summed E-state index contributed by atoms with van der Waals surface area (Å²) in [6.07, 6.45) is 0.702. The molecule has 2 fully saturated rings. The first kappa shape index (κ1) is 15.1. The minimum Gasteiger partial charge on any atom is -0.492 e. The molecule has 3 rings (SSSR count). The fraction of sp³-hybridized carbons (Fsp3) is 0.562. The molecule has 0 saturated carbocycles. The standard InChI is InChI=1S/C16H23N3O3/c1-12-2-4-13(5-3-12)22-11-10-19-14(20)16(18-15(19)21)6-8-17-9-7-16/h2-5,14,17,20H,6-11H2,1H3,(H,18,21). The van der Waals surface area contributed by atoms with Crippen LogP contribution in [0.1, 0.15) is 18.4 Å². The Balaban J connectivity index is 1.56. The molecule has 2 amide bonds. The first-order chi connectivity index (χ1) is 10.6. The van der Waals surface area contributed by atoms with Gasteiger partial charge < -0.3 is 20.5 Å². The lowest BCUT2D eigenvalue weighted by molar-refractivity contribution is -0.0139. The highest BCUT2D eigenvalue weighted by Gasteiger charge is 2.50. The van der Waals surface area contributed by atoms with E-state index in [9.17, 15) is 9.90 Å². The van der Waals surface area contributed by atoms with Crippen molar-refractivity contribution in [3.8, 4) is 5.75 Å². The van der Waals surface area contributed by atoms with Gasteiger partial charge in [-0.3, -0.25) is 4.90 Å². The van der Waals surface area contributed by atoms with Gasteiger partial charge in [0.15, 0.2) is 6.23 Å². The van der Waals surface area contributed by atoms with E-state index in [0.717, 1.165) is 31.7 Å². The molecule has 0 bridgehead atoms. The van der Waals surface area contributed by atoms with E-state index < -0.39 is 11.8 Å². The number of carbonyl (C=O) groups is 1. The summed E-state index contributed by atoms with van der Waals surface area (Å²) in [5, 5.41) is 16.7. The number of hydrogen-bond donors (Lipinski definition) is 3. The van der Waals surface area contributed by atoms with Crippen molar-refractivity contribution in [3.05, 3.63) is 29.8 Å². The van der Waals surface area contributed by atoms with Crippen LogP contribution in [0.25, 0.3) is 0 Å². The second kappa shape index (κ2) is 6.14. The van der Waals surface area contributed by atoms with Gasteiger partial charge in [-0.1, -0.05) is 17.7 Å². The lowest BCUT2D eigenvalue weighted by Crippen LogP contribution is -2.56. The first-order valence-corrected chi connectivity index (χ1v) is 7.78. The Morgan fingerprint density at radius 2 is 2.00 bits per heavy atom. The second-order valence-corrected chi connectivity index (χ2v) is 6.06. The molecule has 1 aromatic rings. The van der Waals surface area contributed by atoms with Crippen LogP contribution in [0.4, 0.5) is 4.79 Å². The number of nitrogens with zero attached hydrogens (tertiary/aromatic N) is 1. The molecule has 1 spiro atoms. The Bertz CT molecular complexity index is 526. The van der Waals surface area contributed by atoms with E-state index in [-0.39, 0.29) is 6.03 Å². The Kier molecular flexibility index (Phi) is 4.22. The predicted molar refractivity (Wildman–Crippen MR) is 82.8 cm³/mol. The van der Waals surface area contributed by atoms with Gasteiger partial charge in [0.1, 0.15) is 12.4 Å². The highest BCUT2D eigenvalue weighted by Crippen LogP contribution is 2.30. The third-order valence-electron chi connectivity index (χ3n) is 4.52. The van der Waals surface area contributed by atoms with E-state index in [1.165, 1.54) is 10.5 Å². The molecular formula is C16H23N3O3. The maximum atomic E-state index is 12.1. The number of aryl methyl sites for hydroxylation is 1. The molecule has 0 aliphatic carbocycles. The average Bonchev–Trinajstić information content (AvgIpc) is 2.74. The zero-order valence-electron chi connectivity index (χ0n) is 12.8. The molecule has 2 saturated heterocycles. The van der Waals surface area contributed by atoms with Crippen LogP contribution < -0.4 is 15.4 Å². The minimum absolute atomic E-state index is 0.207. The van der Waals surface area contributed by atoms with E-state index in [0.29, 0.717) is 13.2 Å². The lowest BCUT2D eigenvalue weighted by Gasteiger charge is -2.36. The van der Waals surface area contributed by atoms with Crippen LogP contribution in [0.15, 0.2) is 24.3 Å². The maximum absolute atomic E-state index is 12.1. The molecule has 6 heteroatoms. The van der Waals surface area contributed by atoms with Crippen LogP contribution in [0, 0.1) is 6.92 Å². The smallest absolute Gasteiger partial charge is 0.320 e. The molecule has 1 aromatic carbocycles. The molecule has 1 atom stereocenters. The quantitative estimate of drug-likeness (QED) is 0.771. The number of amides is 2. The Morgan fingerprint density at radius 1 is 1.32 bits per heavy atom. The molecule has 2 aliphatic heterocycles. The number of rotatable bonds is 4.